The van der Waals surface area contributed by atoms with E-state index in [1.807, 2.05) is 102 Å². The molecule has 37 heavy (non-hydrogen) atoms. The van der Waals surface area contributed by atoms with Crippen LogP contribution >= 0.6 is 0 Å². The third-order valence-electron chi connectivity index (χ3n) is 6.37. The highest BCUT2D eigenvalue weighted by molar-refractivity contribution is 6.00. The zero-order chi connectivity index (χ0) is 25.2. The fourth-order valence-corrected chi connectivity index (χ4v) is 4.52. The lowest BCUT2D eigenvalue weighted by Crippen LogP contribution is -2.27. The van der Waals surface area contributed by atoms with Gasteiger partial charge in [0, 0.05) is 36.5 Å². The van der Waals surface area contributed by atoms with Crippen LogP contribution in [0.3, 0.4) is 0 Å². The lowest BCUT2D eigenvalue weighted by Gasteiger charge is -2.17. The van der Waals surface area contributed by atoms with Crippen LogP contribution in [0.15, 0.2) is 120 Å². The van der Waals surface area contributed by atoms with Crippen molar-refractivity contribution in [2.75, 3.05) is 18.7 Å². The Hall–Kier alpha value is -4.84. The average molecular weight is 486 g/mol. The fourth-order valence-electron chi connectivity index (χ4n) is 4.52. The lowest BCUT2D eigenvalue weighted by atomic mass is 10.1. The molecule has 5 aromatic rings. The van der Waals surface area contributed by atoms with E-state index < -0.39 is 0 Å². The van der Waals surface area contributed by atoms with Gasteiger partial charge in [-0.3, -0.25) is 0 Å². The number of hydrazone groups is 1. The second kappa shape index (κ2) is 9.66. The Morgan fingerprint density at radius 1 is 0.703 bits per heavy atom. The summed E-state index contributed by atoms with van der Waals surface area (Å²) in [6, 6.07) is 36.6. The Balaban J connectivity index is 1.23. The number of aryl methyl sites for hydroxylation is 1. The summed E-state index contributed by atoms with van der Waals surface area (Å²) in [6.07, 6.45) is 2.07. The first-order valence-electron chi connectivity index (χ1n) is 12.3. The monoisotopic (exact) mass is 485 g/mol. The van der Waals surface area contributed by atoms with Crippen LogP contribution in [0, 0.1) is 6.92 Å². The maximum absolute atomic E-state index is 6.27. The second-order valence-corrected chi connectivity index (χ2v) is 9.06. The molecule has 0 aliphatic carbocycles. The quantitative estimate of drug-likeness (QED) is 0.268. The molecule has 0 unspecified atom stereocenters. The van der Waals surface area contributed by atoms with Crippen LogP contribution in [-0.2, 0) is 0 Å². The number of rotatable bonds is 6. The first kappa shape index (κ1) is 22.6. The van der Waals surface area contributed by atoms with Crippen molar-refractivity contribution in [3.63, 3.8) is 0 Å². The first-order valence-corrected chi connectivity index (χ1v) is 12.3. The van der Waals surface area contributed by atoms with Gasteiger partial charge < -0.3 is 9.64 Å². The molecule has 0 radical (unpaired) electrons. The number of hydrogen-bond donors (Lipinski definition) is 0. The minimum absolute atomic E-state index is 0.672. The molecule has 0 N–H and O–H groups in total. The molecule has 1 aliphatic rings. The number of amidine groups is 1. The Labute approximate surface area is 216 Å². The molecule has 0 fully saturated rings. The summed E-state index contributed by atoms with van der Waals surface area (Å²) in [5.74, 6) is 2.45. The van der Waals surface area contributed by atoms with E-state index in [1.165, 1.54) is 0 Å². The number of nitrogens with zero attached hydrogens (tertiary/aromatic N) is 5. The van der Waals surface area contributed by atoms with Crippen molar-refractivity contribution in [1.29, 1.82) is 0 Å². The van der Waals surface area contributed by atoms with Crippen molar-refractivity contribution in [2.24, 2.45) is 5.10 Å². The summed E-state index contributed by atoms with van der Waals surface area (Å²) in [6.45, 7) is 2.71. The van der Waals surface area contributed by atoms with E-state index >= 15 is 0 Å². The summed E-state index contributed by atoms with van der Waals surface area (Å²) < 4.78 is 8.17. The third-order valence-corrected chi connectivity index (χ3v) is 6.37. The van der Waals surface area contributed by atoms with Crippen LogP contribution in [0.1, 0.15) is 11.3 Å². The number of benzene rings is 4. The van der Waals surface area contributed by atoms with E-state index in [9.17, 15) is 0 Å². The predicted octanol–water partition coefficient (Wildman–Crippen LogP) is 6.71. The topological polar surface area (TPSA) is 45.9 Å². The second-order valence-electron chi connectivity index (χ2n) is 9.06. The van der Waals surface area contributed by atoms with E-state index in [2.05, 4.69) is 42.4 Å². The molecule has 0 bridgehead atoms. The van der Waals surface area contributed by atoms with Gasteiger partial charge >= 0.3 is 0 Å². The molecule has 1 aliphatic heterocycles. The van der Waals surface area contributed by atoms with Crippen molar-refractivity contribution in [1.82, 2.24) is 14.7 Å². The normalized spacial score (nSPS) is 13.1. The summed E-state index contributed by atoms with van der Waals surface area (Å²) in [5.41, 5.74) is 6.27. The SMILES string of the molecule is Cc1nn(-c2cccc(Oc3cccc(N4CN(C)C(c5ccccc5)=N4)c3)c2)cc1-c1ccccc1. The molecule has 0 atom stereocenters. The van der Waals surface area contributed by atoms with Crippen LogP contribution in [0.5, 0.6) is 11.5 Å². The van der Waals surface area contributed by atoms with Crippen LogP contribution in [0.4, 0.5) is 5.69 Å². The first-order chi connectivity index (χ1) is 18.1. The van der Waals surface area contributed by atoms with E-state index in [1.54, 1.807) is 0 Å². The van der Waals surface area contributed by atoms with Gasteiger partial charge in [0.2, 0.25) is 0 Å². The minimum atomic E-state index is 0.672. The molecular formula is C31H27N5O. The van der Waals surface area contributed by atoms with Crippen molar-refractivity contribution in [2.45, 2.75) is 6.92 Å². The molecule has 1 aromatic heterocycles. The van der Waals surface area contributed by atoms with Crippen molar-refractivity contribution in [3.05, 3.63) is 127 Å². The Bertz CT molecular complexity index is 1560. The van der Waals surface area contributed by atoms with Crippen LogP contribution in [0.2, 0.25) is 0 Å². The zero-order valence-corrected chi connectivity index (χ0v) is 20.8. The lowest BCUT2D eigenvalue weighted by molar-refractivity contribution is 0.481. The average Bonchev–Trinajstić information content (AvgIpc) is 3.53. The van der Waals surface area contributed by atoms with Crippen molar-refractivity contribution in [3.8, 4) is 28.3 Å². The molecule has 182 valence electrons. The van der Waals surface area contributed by atoms with Gasteiger partial charge in [0.15, 0.2) is 5.84 Å². The number of aromatic nitrogens is 2. The van der Waals surface area contributed by atoms with E-state index in [4.69, 9.17) is 14.9 Å². The predicted molar refractivity (Wildman–Crippen MR) is 148 cm³/mol. The van der Waals surface area contributed by atoms with Gasteiger partial charge in [-0.05, 0) is 36.8 Å². The van der Waals surface area contributed by atoms with Gasteiger partial charge in [0.05, 0.1) is 17.1 Å². The fraction of sp³-hybridized carbons (Fsp3) is 0.0968. The van der Waals surface area contributed by atoms with Gasteiger partial charge in [0.25, 0.3) is 0 Å². The molecular weight excluding hydrogens is 458 g/mol. The molecule has 2 heterocycles. The van der Waals surface area contributed by atoms with Crippen molar-refractivity contribution >= 4 is 11.5 Å². The number of anilines is 1. The summed E-state index contributed by atoms with van der Waals surface area (Å²) >= 11 is 0. The Morgan fingerprint density at radius 2 is 1.32 bits per heavy atom. The van der Waals surface area contributed by atoms with Gasteiger partial charge in [-0.15, -0.1) is 0 Å². The molecule has 4 aromatic carbocycles. The highest BCUT2D eigenvalue weighted by atomic mass is 16.5. The third kappa shape index (κ3) is 4.69. The molecule has 0 amide bonds. The minimum Gasteiger partial charge on any atom is -0.457 e. The van der Waals surface area contributed by atoms with Crippen LogP contribution < -0.4 is 9.75 Å². The van der Waals surface area contributed by atoms with Gasteiger partial charge in [0.1, 0.15) is 18.2 Å². The zero-order valence-electron chi connectivity index (χ0n) is 20.8. The van der Waals surface area contributed by atoms with Crippen molar-refractivity contribution < 1.29 is 4.74 Å². The highest BCUT2D eigenvalue weighted by Gasteiger charge is 2.22. The Morgan fingerprint density at radius 3 is 2.03 bits per heavy atom. The maximum atomic E-state index is 6.27. The molecule has 0 spiro atoms. The summed E-state index contributed by atoms with van der Waals surface area (Å²) in [7, 11) is 2.05. The summed E-state index contributed by atoms with van der Waals surface area (Å²) in [5, 5.41) is 11.6. The van der Waals surface area contributed by atoms with E-state index in [0.29, 0.717) is 6.67 Å². The molecule has 0 saturated carbocycles. The van der Waals surface area contributed by atoms with E-state index in [-0.39, 0.29) is 0 Å². The largest absolute Gasteiger partial charge is 0.457 e. The van der Waals surface area contributed by atoms with Gasteiger partial charge in [-0.2, -0.15) is 10.2 Å². The van der Waals surface area contributed by atoms with Gasteiger partial charge in [-0.1, -0.05) is 72.8 Å². The number of hydrogen-bond acceptors (Lipinski definition) is 5. The van der Waals surface area contributed by atoms with Crippen LogP contribution in [-0.4, -0.2) is 34.2 Å². The summed E-state index contributed by atoms with van der Waals surface area (Å²) in [4.78, 5) is 2.14. The van der Waals surface area contributed by atoms with Gasteiger partial charge in [-0.25, -0.2) is 9.69 Å². The Kier molecular flexibility index (Phi) is 5.91. The standard InChI is InChI=1S/C31H27N5O/c1-23-30(24-11-5-3-6-12-24)21-35(32-23)26-15-9-17-28(19-26)37-29-18-10-16-27(20-29)36-22-34(2)31(33-36)25-13-7-4-8-14-25/h3-21H,22H2,1-2H3. The van der Waals surface area contributed by atoms with E-state index in [0.717, 1.165) is 51.1 Å². The smallest absolute Gasteiger partial charge is 0.157 e. The maximum Gasteiger partial charge on any atom is 0.157 e. The number of ether oxygens (including phenoxy) is 1. The molecule has 6 nitrogen and oxygen atoms in total. The molecule has 6 rings (SSSR count). The highest BCUT2D eigenvalue weighted by Crippen LogP contribution is 2.30. The molecule has 6 heteroatoms. The van der Waals surface area contributed by atoms with Crippen LogP contribution in [0.25, 0.3) is 16.8 Å². The molecule has 0 saturated heterocycles.